The van der Waals surface area contributed by atoms with Crippen molar-refractivity contribution in [3.05, 3.63) is 76.8 Å². The molecule has 10 nitrogen and oxygen atoms in total. The fourth-order valence-corrected chi connectivity index (χ4v) is 5.59. The first kappa shape index (κ1) is 28.3. The molecule has 1 atom stereocenters. The predicted octanol–water partition coefficient (Wildman–Crippen LogP) is 3.21. The lowest BCUT2D eigenvalue weighted by atomic mass is 9.85. The molecule has 2 fully saturated rings. The normalized spacial score (nSPS) is 17.2. The Hall–Kier alpha value is -3.76. The lowest BCUT2D eigenvalue weighted by Gasteiger charge is -2.43. The van der Waals surface area contributed by atoms with E-state index in [9.17, 15) is 24.3 Å². The first-order valence-corrected chi connectivity index (χ1v) is 13.2. The summed E-state index contributed by atoms with van der Waals surface area (Å²) in [6, 6.07) is 12.3. The summed E-state index contributed by atoms with van der Waals surface area (Å²) in [5.41, 5.74) is 0.0934. The highest BCUT2D eigenvalue weighted by atomic mass is 35.5. The van der Waals surface area contributed by atoms with Gasteiger partial charge in [-0.1, -0.05) is 53.5 Å². The number of halogens is 2. The van der Waals surface area contributed by atoms with Gasteiger partial charge in [-0.3, -0.25) is 9.59 Å². The maximum absolute atomic E-state index is 13.5. The number of piperidine rings is 1. The van der Waals surface area contributed by atoms with E-state index < -0.39 is 29.5 Å². The van der Waals surface area contributed by atoms with Gasteiger partial charge in [0.25, 0.3) is 5.91 Å². The number of carbonyl (C=O) groups is 4. The number of hydrogen-bond acceptors (Lipinski definition) is 5. The fourth-order valence-electron chi connectivity index (χ4n) is 5.02. The number of carbonyl (C=O) groups excluding carboxylic acids is 3. The molecule has 0 radical (unpaired) electrons. The van der Waals surface area contributed by atoms with Crippen molar-refractivity contribution in [3.8, 4) is 0 Å². The molecule has 39 heavy (non-hydrogen) atoms. The van der Waals surface area contributed by atoms with E-state index in [4.69, 9.17) is 23.2 Å². The van der Waals surface area contributed by atoms with Gasteiger partial charge in [0.15, 0.2) is 0 Å². The first-order valence-electron chi connectivity index (χ1n) is 12.4. The van der Waals surface area contributed by atoms with Crippen molar-refractivity contribution in [2.75, 3.05) is 37.7 Å². The van der Waals surface area contributed by atoms with E-state index in [2.05, 4.69) is 22.1 Å². The van der Waals surface area contributed by atoms with Gasteiger partial charge in [-0.2, -0.15) is 0 Å². The summed E-state index contributed by atoms with van der Waals surface area (Å²) in [5.74, 6) is -2.10. The van der Waals surface area contributed by atoms with Crippen LogP contribution >= 0.6 is 23.2 Å². The van der Waals surface area contributed by atoms with Crippen LogP contribution in [0.4, 0.5) is 10.5 Å². The number of likely N-dealkylation sites (tertiary alicyclic amines) is 1. The average molecular weight is 574 g/mol. The number of carboxylic acid groups (broad SMARTS) is 1. The minimum atomic E-state index is -1.41. The average Bonchev–Trinajstić information content (AvgIpc) is 3.18. The molecule has 4 amide bonds. The number of benzene rings is 2. The summed E-state index contributed by atoms with van der Waals surface area (Å²) in [4.78, 5) is 56.2. The second-order valence-electron chi connectivity index (χ2n) is 9.39. The van der Waals surface area contributed by atoms with Crippen molar-refractivity contribution in [2.24, 2.45) is 0 Å². The lowest BCUT2D eigenvalue weighted by Crippen LogP contribution is -2.59. The van der Waals surface area contributed by atoms with E-state index in [1.165, 1.54) is 12.1 Å². The minimum Gasteiger partial charge on any atom is -0.480 e. The van der Waals surface area contributed by atoms with Gasteiger partial charge in [0.2, 0.25) is 5.91 Å². The second-order valence-corrected chi connectivity index (χ2v) is 10.2. The van der Waals surface area contributed by atoms with Crippen LogP contribution in [0.2, 0.25) is 10.0 Å². The van der Waals surface area contributed by atoms with Crippen LogP contribution in [0.1, 0.15) is 23.2 Å². The van der Waals surface area contributed by atoms with Crippen LogP contribution in [0.5, 0.6) is 0 Å². The van der Waals surface area contributed by atoms with Crippen LogP contribution in [-0.4, -0.2) is 83.1 Å². The van der Waals surface area contributed by atoms with E-state index in [1.807, 2.05) is 30.3 Å². The second kappa shape index (κ2) is 12.0. The fraction of sp³-hybridized carbons (Fsp3) is 0.333. The number of anilines is 1. The number of carboxylic acids is 1. The zero-order chi connectivity index (χ0) is 28.2. The maximum Gasteiger partial charge on any atom is 0.328 e. The molecule has 2 aromatic rings. The summed E-state index contributed by atoms with van der Waals surface area (Å²) in [5, 5.41) is 14.7. The topological polar surface area (TPSA) is 122 Å². The molecule has 2 heterocycles. The van der Waals surface area contributed by atoms with Crippen molar-refractivity contribution in [3.63, 3.8) is 0 Å². The number of urea groups is 1. The minimum absolute atomic E-state index is 0.00167. The molecule has 206 valence electrons. The molecule has 0 unspecified atom stereocenters. The zero-order valence-corrected chi connectivity index (χ0v) is 22.6. The molecule has 1 spiro atoms. The SMILES string of the molecule is C=CCN1CN(c2ccccc2)C2(CCN(C(=O)NC[C@H](NC(=O)c3c(Cl)cccc3Cl)C(=O)O)CC2)C1=O. The molecule has 0 aliphatic carbocycles. The van der Waals surface area contributed by atoms with Gasteiger partial charge in [-0.25, -0.2) is 9.59 Å². The van der Waals surface area contributed by atoms with Gasteiger partial charge in [-0.15, -0.1) is 6.58 Å². The van der Waals surface area contributed by atoms with Crippen molar-refractivity contribution in [1.82, 2.24) is 20.4 Å². The zero-order valence-electron chi connectivity index (χ0n) is 21.1. The predicted molar refractivity (Wildman–Crippen MR) is 148 cm³/mol. The Balaban J connectivity index is 1.39. The van der Waals surface area contributed by atoms with Gasteiger partial charge < -0.3 is 30.4 Å². The largest absolute Gasteiger partial charge is 0.480 e. The highest BCUT2D eigenvalue weighted by Crippen LogP contribution is 2.39. The molecule has 0 saturated carbocycles. The van der Waals surface area contributed by atoms with Crippen LogP contribution in [0.3, 0.4) is 0 Å². The van der Waals surface area contributed by atoms with Crippen molar-refractivity contribution >= 4 is 52.7 Å². The Morgan fingerprint density at radius 3 is 2.28 bits per heavy atom. The Bertz CT molecular complexity index is 1250. The Kier molecular flexibility index (Phi) is 8.66. The van der Waals surface area contributed by atoms with Gasteiger partial charge in [0.1, 0.15) is 11.6 Å². The summed E-state index contributed by atoms with van der Waals surface area (Å²) < 4.78 is 0. The molecular weight excluding hydrogens is 545 g/mol. The summed E-state index contributed by atoms with van der Waals surface area (Å²) in [7, 11) is 0. The third kappa shape index (κ3) is 5.81. The number of rotatable bonds is 8. The first-order chi connectivity index (χ1) is 18.7. The van der Waals surface area contributed by atoms with Gasteiger partial charge in [-0.05, 0) is 37.1 Å². The molecule has 2 aromatic carbocycles. The van der Waals surface area contributed by atoms with Crippen molar-refractivity contribution in [2.45, 2.75) is 24.4 Å². The van der Waals surface area contributed by atoms with E-state index in [1.54, 1.807) is 21.9 Å². The third-order valence-electron chi connectivity index (χ3n) is 7.06. The number of para-hydroxylation sites is 1. The Labute approximate surface area is 236 Å². The van der Waals surface area contributed by atoms with Gasteiger partial charge in [0.05, 0.1) is 28.8 Å². The van der Waals surface area contributed by atoms with E-state index >= 15 is 0 Å². The quantitative estimate of drug-likeness (QED) is 0.417. The lowest BCUT2D eigenvalue weighted by molar-refractivity contribution is -0.139. The van der Waals surface area contributed by atoms with Crippen LogP contribution < -0.4 is 15.5 Å². The summed E-state index contributed by atoms with van der Waals surface area (Å²) in [6.07, 6.45) is 2.51. The van der Waals surface area contributed by atoms with Crippen LogP contribution in [-0.2, 0) is 9.59 Å². The maximum atomic E-state index is 13.5. The van der Waals surface area contributed by atoms with Gasteiger partial charge in [0, 0.05) is 25.3 Å². The van der Waals surface area contributed by atoms with Gasteiger partial charge >= 0.3 is 12.0 Å². The molecule has 0 bridgehead atoms. The summed E-state index contributed by atoms with van der Waals surface area (Å²) in [6.45, 7) is 4.85. The van der Waals surface area contributed by atoms with E-state index in [0.717, 1.165) is 5.69 Å². The molecule has 2 aliphatic rings. The Morgan fingerprint density at radius 2 is 1.69 bits per heavy atom. The highest BCUT2D eigenvalue weighted by molar-refractivity contribution is 6.39. The number of hydrogen-bond donors (Lipinski definition) is 3. The molecule has 3 N–H and O–H groups in total. The number of aliphatic carboxylic acids is 1. The van der Waals surface area contributed by atoms with Crippen LogP contribution in [0.25, 0.3) is 0 Å². The molecule has 4 rings (SSSR count). The van der Waals surface area contributed by atoms with E-state index in [0.29, 0.717) is 39.1 Å². The molecule has 2 aliphatic heterocycles. The molecule has 2 saturated heterocycles. The number of nitrogens with zero attached hydrogens (tertiary/aromatic N) is 3. The molecule has 12 heteroatoms. The third-order valence-corrected chi connectivity index (χ3v) is 7.69. The van der Waals surface area contributed by atoms with Crippen molar-refractivity contribution in [1.29, 1.82) is 0 Å². The molecule has 0 aromatic heterocycles. The standard InChI is InChI=1S/C27H29Cl2N5O5/c1-2-13-33-17-34(18-7-4-3-5-8-18)27(25(33)38)11-14-32(15-12-27)26(39)30-16-21(24(36)37)31-23(35)22-19(28)9-6-10-20(22)29/h2-10,21H,1,11-17H2,(H,30,39)(H,31,35)(H,36,37)/t21-/m0/s1. The smallest absolute Gasteiger partial charge is 0.328 e. The molecular formula is C27H29Cl2N5O5. The van der Waals surface area contributed by atoms with Crippen molar-refractivity contribution < 1.29 is 24.3 Å². The number of nitrogens with one attached hydrogen (secondary N) is 2. The van der Waals surface area contributed by atoms with Crippen LogP contribution in [0, 0.1) is 0 Å². The number of amides is 4. The van der Waals surface area contributed by atoms with Crippen LogP contribution in [0.15, 0.2) is 61.2 Å². The summed E-state index contributed by atoms with van der Waals surface area (Å²) >= 11 is 12.1. The monoisotopic (exact) mass is 573 g/mol. The van der Waals surface area contributed by atoms with E-state index in [-0.39, 0.29) is 28.1 Å². The highest BCUT2D eigenvalue weighted by Gasteiger charge is 2.53. The Morgan fingerprint density at radius 1 is 1.05 bits per heavy atom.